The minimum Gasteiger partial charge on any atom is -0.365 e. The van der Waals surface area contributed by atoms with E-state index < -0.39 is 0 Å². The number of anilines is 2. The molecule has 2 aromatic carbocycles. The molecule has 0 spiro atoms. The van der Waals surface area contributed by atoms with Gasteiger partial charge in [0.25, 0.3) is 0 Å². The number of aromatic nitrogens is 4. The molecule has 0 radical (unpaired) electrons. The number of para-hydroxylation sites is 1. The number of aromatic amines is 1. The third kappa shape index (κ3) is 4.91. The number of nitrogens with one attached hydrogen (secondary N) is 3. The normalized spacial score (nSPS) is 10.8. The summed E-state index contributed by atoms with van der Waals surface area (Å²) in [5.41, 5.74) is 2.89. The smallest absolute Gasteiger partial charge is 0.236 e. The molecule has 0 unspecified atom stereocenters. The quantitative estimate of drug-likeness (QED) is 0.318. The third-order valence-electron chi connectivity index (χ3n) is 4.19. The maximum absolute atomic E-state index is 12.2. The van der Waals surface area contributed by atoms with Crippen LogP contribution in [0.5, 0.6) is 0 Å². The van der Waals surface area contributed by atoms with Crippen LogP contribution in [0, 0.1) is 6.92 Å². The van der Waals surface area contributed by atoms with Crippen LogP contribution in [0.3, 0.4) is 0 Å². The largest absolute Gasteiger partial charge is 0.365 e. The van der Waals surface area contributed by atoms with Gasteiger partial charge in [-0.3, -0.25) is 9.89 Å². The average Bonchev–Trinajstić information content (AvgIpc) is 3.15. The number of amides is 1. The van der Waals surface area contributed by atoms with E-state index in [1.54, 1.807) is 6.07 Å². The van der Waals surface area contributed by atoms with Crippen LogP contribution in [-0.4, -0.2) is 31.8 Å². The lowest BCUT2D eigenvalue weighted by Crippen LogP contribution is -2.14. The van der Waals surface area contributed by atoms with Gasteiger partial charge >= 0.3 is 0 Å². The van der Waals surface area contributed by atoms with Crippen LogP contribution in [-0.2, 0) is 11.3 Å². The molecule has 0 fully saturated rings. The Morgan fingerprint density at radius 3 is 2.66 bits per heavy atom. The lowest BCUT2D eigenvalue weighted by molar-refractivity contribution is -0.113. The minimum atomic E-state index is -0.156. The Kier molecular flexibility index (Phi) is 5.71. The number of thioether (sulfide) groups is 1. The number of nitrogens with zero attached hydrogens (tertiary/aromatic N) is 3. The van der Waals surface area contributed by atoms with E-state index >= 15 is 0 Å². The number of H-pyrrole nitrogens is 1. The highest BCUT2D eigenvalue weighted by atomic mass is 32.2. The number of carbonyl (C=O) groups is 1. The van der Waals surface area contributed by atoms with E-state index in [1.165, 1.54) is 11.8 Å². The number of hydrogen-bond donors (Lipinski definition) is 3. The molecule has 8 heteroatoms. The SMILES string of the molecule is Cc1cc(NC(=O)CSc2nc(NCc3ccccc3)c3ccccc3n2)n[nH]1. The first-order chi connectivity index (χ1) is 14.2. The fraction of sp³-hybridized carbons (Fsp3) is 0.143. The predicted molar refractivity (Wildman–Crippen MR) is 116 cm³/mol. The molecule has 0 bridgehead atoms. The molecule has 4 aromatic rings. The lowest BCUT2D eigenvalue weighted by Gasteiger charge is -2.11. The zero-order chi connectivity index (χ0) is 20.1. The summed E-state index contributed by atoms with van der Waals surface area (Å²) in [4.78, 5) is 21.4. The second-order valence-electron chi connectivity index (χ2n) is 6.48. The fourth-order valence-electron chi connectivity index (χ4n) is 2.83. The molecule has 146 valence electrons. The molecule has 0 aliphatic rings. The Hall–Kier alpha value is -3.39. The van der Waals surface area contributed by atoms with Gasteiger partial charge in [-0.25, -0.2) is 9.97 Å². The summed E-state index contributed by atoms with van der Waals surface area (Å²) < 4.78 is 0. The Morgan fingerprint density at radius 2 is 1.86 bits per heavy atom. The Morgan fingerprint density at radius 1 is 1.07 bits per heavy atom. The van der Waals surface area contributed by atoms with Crippen LogP contribution in [0.2, 0.25) is 0 Å². The highest BCUT2D eigenvalue weighted by Gasteiger charge is 2.11. The van der Waals surface area contributed by atoms with E-state index in [0.717, 1.165) is 28.0 Å². The molecule has 0 saturated carbocycles. The maximum atomic E-state index is 12.2. The monoisotopic (exact) mass is 404 g/mol. The highest BCUT2D eigenvalue weighted by molar-refractivity contribution is 7.99. The molecule has 7 nitrogen and oxygen atoms in total. The molecule has 0 aliphatic carbocycles. The van der Waals surface area contributed by atoms with E-state index in [-0.39, 0.29) is 11.7 Å². The van der Waals surface area contributed by atoms with Crippen molar-refractivity contribution in [2.24, 2.45) is 0 Å². The molecule has 2 aromatic heterocycles. The van der Waals surface area contributed by atoms with Gasteiger partial charge in [0.2, 0.25) is 5.91 Å². The Labute approximate surface area is 172 Å². The summed E-state index contributed by atoms with van der Waals surface area (Å²) in [5.74, 6) is 1.31. The van der Waals surface area contributed by atoms with E-state index in [0.29, 0.717) is 17.5 Å². The number of fused-ring (bicyclic) bond motifs is 1. The van der Waals surface area contributed by atoms with Crippen molar-refractivity contribution >= 4 is 40.2 Å². The van der Waals surface area contributed by atoms with Gasteiger partial charge in [0.1, 0.15) is 5.82 Å². The van der Waals surface area contributed by atoms with Crippen LogP contribution in [0.1, 0.15) is 11.3 Å². The molecule has 29 heavy (non-hydrogen) atoms. The van der Waals surface area contributed by atoms with Crippen molar-refractivity contribution in [2.75, 3.05) is 16.4 Å². The summed E-state index contributed by atoms with van der Waals surface area (Å²) in [7, 11) is 0. The highest BCUT2D eigenvalue weighted by Crippen LogP contribution is 2.25. The van der Waals surface area contributed by atoms with Crippen LogP contribution in [0.15, 0.2) is 65.8 Å². The zero-order valence-corrected chi connectivity index (χ0v) is 16.7. The molecular formula is C21H20N6OS. The first-order valence-electron chi connectivity index (χ1n) is 9.16. The summed E-state index contributed by atoms with van der Waals surface area (Å²) in [6.07, 6.45) is 0. The van der Waals surface area contributed by atoms with Crippen LogP contribution in [0.25, 0.3) is 10.9 Å². The molecule has 4 rings (SSSR count). The second kappa shape index (κ2) is 8.74. The molecule has 3 N–H and O–H groups in total. The fourth-order valence-corrected chi connectivity index (χ4v) is 3.48. The summed E-state index contributed by atoms with van der Waals surface area (Å²) in [6.45, 7) is 2.54. The van der Waals surface area contributed by atoms with E-state index in [4.69, 9.17) is 0 Å². The Bertz CT molecular complexity index is 1130. The van der Waals surface area contributed by atoms with Gasteiger partial charge in [0.05, 0.1) is 11.3 Å². The lowest BCUT2D eigenvalue weighted by atomic mass is 10.2. The number of carbonyl (C=O) groups excluding carboxylic acids is 1. The van der Waals surface area contributed by atoms with Crippen molar-refractivity contribution in [1.82, 2.24) is 20.2 Å². The molecule has 0 atom stereocenters. The van der Waals surface area contributed by atoms with Gasteiger partial charge in [0, 0.05) is 23.7 Å². The molecule has 0 aliphatic heterocycles. The standard InChI is InChI=1S/C21H20N6OS/c1-14-11-18(27-26-14)24-19(28)13-29-21-23-17-10-6-5-9-16(17)20(25-21)22-12-15-7-3-2-4-8-15/h2-11H,12-13H2,1H3,(H,22,23,25)(H2,24,26,27,28). The number of aryl methyl sites for hydroxylation is 1. The van der Waals surface area contributed by atoms with Gasteiger partial charge in [-0.05, 0) is 24.6 Å². The summed E-state index contributed by atoms with van der Waals surface area (Å²) in [6, 6.07) is 19.8. The van der Waals surface area contributed by atoms with Gasteiger partial charge in [-0.1, -0.05) is 54.2 Å². The summed E-state index contributed by atoms with van der Waals surface area (Å²) in [5, 5.41) is 14.5. The molecule has 2 heterocycles. The van der Waals surface area contributed by atoms with Gasteiger partial charge in [-0.2, -0.15) is 5.10 Å². The van der Waals surface area contributed by atoms with Crippen molar-refractivity contribution in [3.8, 4) is 0 Å². The first-order valence-corrected chi connectivity index (χ1v) is 10.2. The van der Waals surface area contributed by atoms with Crippen molar-refractivity contribution in [3.63, 3.8) is 0 Å². The average molecular weight is 404 g/mol. The predicted octanol–water partition coefficient (Wildman–Crippen LogP) is 4.00. The van der Waals surface area contributed by atoms with Crippen molar-refractivity contribution < 1.29 is 4.79 Å². The zero-order valence-electron chi connectivity index (χ0n) is 15.8. The molecular weight excluding hydrogens is 384 g/mol. The van der Waals surface area contributed by atoms with Crippen molar-refractivity contribution in [3.05, 3.63) is 71.9 Å². The molecule has 1 amide bonds. The van der Waals surface area contributed by atoms with Gasteiger partial charge in [-0.15, -0.1) is 0 Å². The number of rotatable bonds is 7. The van der Waals surface area contributed by atoms with E-state index in [1.807, 2.05) is 49.4 Å². The van der Waals surface area contributed by atoms with Gasteiger partial charge < -0.3 is 10.6 Å². The minimum absolute atomic E-state index is 0.156. The maximum Gasteiger partial charge on any atom is 0.236 e. The van der Waals surface area contributed by atoms with Crippen molar-refractivity contribution in [1.29, 1.82) is 0 Å². The summed E-state index contributed by atoms with van der Waals surface area (Å²) >= 11 is 1.29. The van der Waals surface area contributed by atoms with Crippen LogP contribution >= 0.6 is 11.8 Å². The second-order valence-corrected chi connectivity index (χ2v) is 7.43. The topological polar surface area (TPSA) is 95.6 Å². The van der Waals surface area contributed by atoms with Crippen molar-refractivity contribution in [2.45, 2.75) is 18.6 Å². The first kappa shape index (κ1) is 18.9. The number of hydrogen-bond acceptors (Lipinski definition) is 6. The Balaban J connectivity index is 1.48. The van der Waals surface area contributed by atoms with E-state index in [2.05, 4.69) is 42.9 Å². The van der Waals surface area contributed by atoms with E-state index in [9.17, 15) is 4.79 Å². The van der Waals surface area contributed by atoms with Crippen LogP contribution < -0.4 is 10.6 Å². The molecule has 0 saturated heterocycles. The number of benzene rings is 2. The van der Waals surface area contributed by atoms with Gasteiger partial charge in [0.15, 0.2) is 11.0 Å². The third-order valence-corrected chi connectivity index (χ3v) is 5.04. The van der Waals surface area contributed by atoms with Crippen LogP contribution in [0.4, 0.5) is 11.6 Å².